The van der Waals surface area contributed by atoms with Crippen molar-refractivity contribution in [2.45, 2.75) is 32.0 Å². The Bertz CT molecular complexity index is 1230. The zero-order valence-electron chi connectivity index (χ0n) is 20.2. The van der Waals surface area contributed by atoms with E-state index in [-0.39, 0.29) is 18.6 Å². The van der Waals surface area contributed by atoms with Gasteiger partial charge in [0.1, 0.15) is 0 Å². The Hall–Kier alpha value is -3.90. The van der Waals surface area contributed by atoms with Crippen molar-refractivity contribution in [2.75, 3.05) is 6.61 Å². The molecule has 1 N–H and O–H groups in total. The molecular weight excluding hydrogens is 452 g/mol. The number of rotatable bonds is 7. The van der Waals surface area contributed by atoms with Crippen LogP contribution in [-0.4, -0.2) is 45.7 Å². The van der Waals surface area contributed by atoms with Crippen molar-refractivity contribution in [2.24, 2.45) is 11.8 Å². The van der Waals surface area contributed by atoms with Gasteiger partial charge in [0.15, 0.2) is 6.04 Å². The summed E-state index contributed by atoms with van der Waals surface area (Å²) in [5, 5.41) is 12.4. The molecule has 2 aliphatic heterocycles. The van der Waals surface area contributed by atoms with Gasteiger partial charge in [0, 0.05) is 18.5 Å². The van der Waals surface area contributed by atoms with E-state index in [0.29, 0.717) is 18.7 Å². The summed E-state index contributed by atoms with van der Waals surface area (Å²) in [6.07, 6.45) is 2.39. The van der Waals surface area contributed by atoms with Gasteiger partial charge in [0.2, 0.25) is 5.91 Å². The minimum absolute atomic E-state index is 0.0411. The highest BCUT2D eigenvalue weighted by Crippen LogP contribution is 2.45. The number of likely N-dealkylation sites (tertiary alicyclic amines) is 1. The molecule has 4 atom stereocenters. The van der Waals surface area contributed by atoms with Crippen LogP contribution in [0.4, 0.5) is 0 Å². The van der Waals surface area contributed by atoms with Crippen LogP contribution in [0.15, 0.2) is 97.1 Å². The maximum absolute atomic E-state index is 14.0. The quantitative estimate of drug-likeness (QED) is 0.501. The molecule has 1 amide bonds. The molecule has 184 valence electrons. The van der Waals surface area contributed by atoms with Crippen molar-refractivity contribution in [3.63, 3.8) is 0 Å². The van der Waals surface area contributed by atoms with E-state index in [0.717, 1.165) is 21.8 Å². The van der Waals surface area contributed by atoms with E-state index in [1.807, 2.05) is 102 Å². The number of carbonyl (C=O) groups excluding carboxylic acids is 2. The van der Waals surface area contributed by atoms with Crippen LogP contribution < -0.4 is 0 Å². The standard InChI is InChI=1S/C30H30N2O4/c1-2-36-30(34)28-27-24(19-25(32(28)35)23-16-10-5-11-17-23)29(33)31(20-22-14-8-4-9-15-22)26(27)18-21-12-6-3-7-13-21/h3-17,19,24,26-28,35H,2,18,20H2,1H3. The molecule has 1 fully saturated rings. The number of hydroxylamine groups is 2. The van der Waals surface area contributed by atoms with Gasteiger partial charge in [-0.2, -0.15) is 0 Å². The Morgan fingerprint density at radius 1 is 0.889 bits per heavy atom. The Kier molecular flexibility index (Phi) is 6.87. The average Bonchev–Trinajstić information content (AvgIpc) is 3.15. The zero-order valence-corrected chi connectivity index (χ0v) is 20.2. The second kappa shape index (κ2) is 10.4. The molecule has 3 aromatic rings. The van der Waals surface area contributed by atoms with Crippen molar-refractivity contribution in [3.8, 4) is 0 Å². The highest BCUT2D eigenvalue weighted by molar-refractivity contribution is 5.90. The maximum Gasteiger partial charge on any atom is 0.331 e. The molecule has 5 rings (SSSR count). The minimum Gasteiger partial charge on any atom is -0.464 e. The van der Waals surface area contributed by atoms with Gasteiger partial charge in [-0.3, -0.25) is 10.0 Å². The first kappa shape index (κ1) is 23.8. The van der Waals surface area contributed by atoms with Crippen LogP contribution in [0, 0.1) is 11.8 Å². The number of hydrogen-bond donors (Lipinski definition) is 1. The molecule has 6 nitrogen and oxygen atoms in total. The number of amides is 1. The third kappa shape index (κ3) is 4.52. The Morgan fingerprint density at radius 2 is 1.47 bits per heavy atom. The smallest absolute Gasteiger partial charge is 0.331 e. The predicted molar refractivity (Wildman–Crippen MR) is 136 cm³/mol. The Balaban J connectivity index is 1.61. The van der Waals surface area contributed by atoms with E-state index >= 15 is 0 Å². The Labute approximate surface area is 211 Å². The largest absolute Gasteiger partial charge is 0.464 e. The molecule has 1 saturated heterocycles. The highest BCUT2D eigenvalue weighted by atomic mass is 16.6. The Morgan fingerprint density at radius 3 is 2.08 bits per heavy atom. The fourth-order valence-electron chi connectivity index (χ4n) is 5.51. The van der Waals surface area contributed by atoms with Gasteiger partial charge in [0.05, 0.1) is 18.2 Å². The summed E-state index contributed by atoms with van der Waals surface area (Å²) in [6.45, 7) is 2.37. The average molecular weight is 483 g/mol. The van der Waals surface area contributed by atoms with Crippen molar-refractivity contribution in [3.05, 3.63) is 114 Å². The van der Waals surface area contributed by atoms with E-state index in [1.54, 1.807) is 6.92 Å². The first-order valence-corrected chi connectivity index (χ1v) is 12.4. The second-order valence-electron chi connectivity index (χ2n) is 9.27. The number of benzene rings is 3. The molecule has 0 aromatic heterocycles. The molecule has 3 aromatic carbocycles. The fraction of sp³-hybridized carbons (Fsp3) is 0.267. The molecule has 4 unspecified atom stereocenters. The first-order valence-electron chi connectivity index (χ1n) is 12.4. The number of carbonyl (C=O) groups is 2. The van der Waals surface area contributed by atoms with Gasteiger partial charge in [-0.05, 0) is 36.1 Å². The molecule has 0 aliphatic carbocycles. The van der Waals surface area contributed by atoms with Crippen LogP contribution in [0.3, 0.4) is 0 Å². The zero-order chi connectivity index (χ0) is 25.1. The SMILES string of the molecule is CCOC(=O)C1C2C(C=C(c3ccccc3)N1O)C(=O)N(Cc1ccccc1)C2Cc1ccccc1. The van der Waals surface area contributed by atoms with Gasteiger partial charge in [-0.1, -0.05) is 91.0 Å². The number of hydrogen-bond acceptors (Lipinski definition) is 5. The van der Waals surface area contributed by atoms with Crippen LogP contribution >= 0.6 is 0 Å². The van der Waals surface area contributed by atoms with Crippen LogP contribution in [-0.2, 0) is 27.3 Å². The van der Waals surface area contributed by atoms with E-state index in [1.165, 1.54) is 0 Å². The summed E-state index contributed by atoms with van der Waals surface area (Å²) in [5.41, 5.74) is 3.27. The summed E-state index contributed by atoms with van der Waals surface area (Å²) in [5.74, 6) is -1.60. The van der Waals surface area contributed by atoms with Gasteiger partial charge in [-0.15, -0.1) is 0 Å². The first-order chi connectivity index (χ1) is 17.6. The third-order valence-corrected chi connectivity index (χ3v) is 7.12. The van der Waals surface area contributed by atoms with Crippen molar-refractivity contribution in [1.29, 1.82) is 0 Å². The van der Waals surface area contributed by atoms with Gasteiger partial charge < -0.3 is 9.64 Å². The van der Waals surface area contributed by atoms with Crippen LogP contribution in [0.25, 0.3) is 5.70 Å². The molecule has 2 aliphatic rings. The number of ether oxygens (including phenoxy) is 1. The summed E-state index contributed by atoms with van der Waals surface area (Å²) in [7, 11) is 0. The molecule has 0 bridgehead atoms. The van der Waals surface area contributed by atoms with Crippen molar-refractivity contribution < 1.29 is 19.5 Å². The lowest BCUT2D eigenvalue weighted by Gasteiger charge is -2.40. The number of nitrogens with zero attached hydrogens (tertiary/aromatic N) is 2. The van der Waals surface area contributed by atoms with Gasteiger partial charge >= 0.3 is 5.97 Å². The summed E-state index contributed by atoms with van der Waals surface area (Å²) < 4.78 is 5.43. The molecule has 0 saturated carbocycles. The molecule has 2 heterocycles. The minimum atomic E-state index is -1.01. The van der Waals surface area contributed by atoms with Crippen LogP contribution in [0.2, 0.25) is 0 Å². The van der Waals surface area contributed by atoms with Crippen molar-refractivity contribution in [1.82, 2.24) is 9.96 Å². The fourth-order valence-corrected chi connectivity index (χ4v) is 5.51. The van der Waals surface area contributed by atoms with E-state index < -0.39 is 23.8 Å². The maximum atomic E-state index is 14.0. The van der Waals surface area contributed by atoms with Gasteiger partial charge in [0.25, 0.3) is 0 Å². The normalized spacial score (nSPS) is 23.3. The lowest BCUT2D eigenvalue weighted by Crippen LogP contribution is -2.52. The highest BCUT2D eigenvalue weighted by Gasteiger charge is 2.56. The molecule has 36 heavy (non-hydrogen) atoms. The monoisotopic (exact) mass is 482 g/mol. The lowest BCUT2D eigenvalue weighted by atomic mass is 9.78. The summed E-state index contributed by atoms with van der Waals surface area (Å²) >= 11 is 0. The number of fused-ring (bicyclic) bond motifs is 1. The van der Waals surface area contributed by atoms with Gasteiger partial charge in [-0.25, -0.2) is 9.86 Å². The molecule has 0 spiro atoms. The van der Waals surface area contributed by atoms with E-state index in [9.17, 15) is 14.8 Å². The lowest BCUT2D eigenvalue weighted by molar-refractivity contribution is -0.169. The molecule has 0 radical (unpaired) electrons. The topological polar surface area (TPSA) is 70.1 Å². The van der Waals surface area contributed by atoms with Crippen LogP contribution in [0.1, 0.15) is 23.6 Å². The summed E-state index contributed by atoms with van der Waals surface area (Å²) in [4.78, 5) is 29.2. The molecule has 6 heteroatoms. The van der Waals surface area contributed by atoms with E-state index in [4.69, 9.17) is 4.74 Å². The predicted octanol–water partition coefficient (Wildman–Crippen LogP) is 4.55. The molecular formula is C30H30N2O4. The van der Waals surface area contributed by atoms with Crippen molar-refractivity contribution >= 4 is 17.6 Å². The summed E-state index contributed by atoms with van der Waals surface area (Å²) in [6, 6.07) is 27.9. The van der Waals surface area contributed by atoms with E-state index in [2.05, 4.69) is 0 Å². The second-order valence-corrected chi connectivity index (χ2v) is 9.27. The third-order valence-electron chi connectivity index (χ3n) is 7.12. The van der Waals surface area contributed by atoms with Crippen LogP contribution in [0.5, 0.6) is 0 Å². The number of esters is 1.